The zero-order valence-corrected chi connectivity index (χ0v) is 17.9. The molecule has 0 N–H and O–H groups in total. The molecular formula is C14H26Sn2. The van der Waals surface area contributed by atoms with Gasteiger partial charge in [-0.1, -0.05) is 0 Å². The summed E-state index contributed by atoms with van der Waals surface area (Å²) in [5, 5.41) is 0. The monoisotopic (exact) mass is 434 g/mol. The fraction of sp³-hybridized carbons (Fsp3) is 0.571. The Bertz CT molecular complexity index is 369. The third kappa shape index (κ3) is 3.41. The summed E-state index contributed by atoms with van der Waals surface area (Å²) in [7, 11) is 0. The zero-order chi connectivity index (χ0) is 12.7. The summed E-state index contributed by atoms with van der Waals surface area (Å²) in [6.07, 6.45) is 0. The summed E-state index contributed by atoms with van der Waals surface area (Å²) in [6, 6.07) is 5.00. The van der Waals surface area contributed by atoms with Gasteiger partial charge in [0, 0.05) is 0 Å². The van der Waals surface area contributed by atoms with Gasteiger partial charge in [0.1, 0.15) is 0 Å². The van der Waals surface area contributed by atoms with Crippen LogP contribution in [-0.2, 0) is 0 Å². The van der Waals surface area contributed by atoms with Gasteiger partial charge in [-0.25, -0.2) is 0 Å². The van der Waals surface area contributed by atoms with E-state index in [-0.39, 0.29) is 0 Å². The van der Waals surface area contributed by atoms with Crippen molar-refractivity contribution in [1.82, 2.24) is 0 Å². The molecule has 1 aromatic rings. The number of rotatable bonds is 2. The van der Waals surface area contributed by atoms with Crippen LogP contribution in [0.5, 0.6) is 0 Å². The van der Waals surface area contributed by atoms with Gasteiger partial charge in [-0.3, -0.25) is 0 Å². The van der Waals surface area contributed by atoms with Crippen molar-refractivity contribution in [2.75, 3.05) is 0 Å². The number of hydrogen-bond acceptors (Lipinski definition) is 0. The van der Waals surface area contributed by atoms with E-state index in [1.54, 1.807) is 18.3 Å². The van der Waals surface area contributed by atoms with E-state index in [1.165, 1.54) is 0 Å². The first-order valence-electron chi connectivity index (χ1n) is 6.15. The van der Waals surface area contributed by atoms with Crippen molar-refractivity contribution < 1.29 is 0 Å². The molecule has 0 radical (unpaired) electrons. The average molecular weight is 432 g/mol. The van der Waals surface area contributed by atoms with Crippen molar-refractivity contribution in [2.24, 2.45) is 0 Å². The van der Waals surface area contributed by atoms with Gasteiger partial charge in [0.15, 0.2) is 0 Å². The first kappa shape index (κ1) is 14.9. The Labute approximate surface area is 110 Å². The topological polar surface area (TPSA) is 0 Å². The Kier molecular flexibility index (Phi) is 4.49. The van der Waals surface area contributed by atoms with E-state index in [0.29, 0.717) is 0 Å². The number of hydrogen-bond donors (Lipinski definition) is 0. The van der Waals surface area contributed by atoms with Crippen molar-refractivity contribution in [3.8, 4) is 0 Å². The van der Waals surface area contributed by atoms with Crippen molar-refractivity contribution in [3.05, 3.63) is 23.3 Å². The predicted octanol–water partition coefficient (Wildman–Crippen LogP) is 3.39. The molecule has 2 heteroatoms. The molecule has 0 spiro atoms. The van der Waals surface area contributed by atoms with Gasteiger partial charge in [0.05, 0.1) is 0 Å². The van der Waals surface area contributed by atoms with Gasteiger partial charge in [-0.05, 0) is 0 Å². The molecule has 0 aliphatic rings. The van der Waals surface area contributed by atoms with Crippen LogP contribution in [0.25, 0.3) is 0 Å². The molecule has 16 heavy (non-hydrogen) atoms. The molecule has 0 aromatic heterocycles. The quantitative estimate of drug-likeness (QED) is 0.630. The summed E-state index contributed by atoms with van der Waals surface area (Å²) >= 11 is -3.80. The predicted molar refractivity (Wildman–Crippen MR) is 81.9 cm³/mol. The van der Waals surface area contributed by atoms with Crippen LogP contribution in [0.2, 0.25) is 29.6 Å². The van der Waals surface area contributed by atoms with Crippen LogP contribution in [-0.4, -0.2) is 36.8 Å². The molecule has 0 saturated heterocycles. The van der Waals surface area contributed by atoms with E-state index in [4.69, 9.17) is 0 Å². The van der Waals surface area contributed by atoms with Crippen molar-refractivity contribution in [1.29, 1.82) is 0 Å². The van der Waals surface area contributed by atoms with Crippen LogP contribution in [0.4, 0.5) is 0 Å². The molecule has 0 atom stereocenters. The van der Waals surface area contributed by atoms with Gasteiger partial charge in [0.25, 0.3) is 0 Å². The van der Waals surface area contributed by atoms with E-state index in [9.17, 15) is 0 Å². The summed E-state index contributed by atoms with van der Waals surface area (Å²) < 4.78 is 3.43. The van der Waals surface area contributed by atoms with Crippen molar-refractivity contribution >= 4 is 43.9 Å². The zero-order valence-electron chi connectivity index (χ0n) is 12.2. The maximum absolute atomic E-state index is 2.52. The van der Waals surface area contributed by atoms with Crippen LogP contribution in [0.3, 0.4) is 0 Å². The third-order valence-corrected chi connectivity index (χ3v) is 15.4. The van der Waals surface area contributed by atoms with Crippen molar-refractivity contribution in [3.63, 3.8) is 0 Å². The summed E-state index contributed by atoms with van der Waals surface area (Å²) in [6.45, 7) is 4.65. The molecule has 0 fully saturated rings. The SMILES string of the molecule is Cc1c[c]([Sn]([CH3])([CH3])[CH3])cc(C)[c]1[Sn]([CH3])([CH3])[CH3]. The second-order valence-electron chi connectivity index (χ2n) is 6.99. The normalized spacial score (nSPS) is 13.0. The first-order valence-corrected chi connectivity index (χ1v) is 26.1. The second-order valence-corrected chi connectivity index (χ2v) is 35.7. The third-order valence-electron chi connectivity index (χ3n) is 3.15. The number of aryl methyl sites for hydroxylation is 2. The van der Waals surface area contributed by atoms with Crippen LogP contribution >= 0.6 is 0 Å². The molecule has 0 amide bonds. The fourth-order valence-corrected chi connectivity index (χ4v) is 13.5. The van der Waals surface area contributed by atoms with Crippen LogP contribution < -0.4 is 7.16 Å². The van der Waals surface area contributed by atoms with Gasteiger partial charge >= 0.3 is 111 Å². The number of benzene rings is 1. The molecule has 0 bridgehead atoms. The average Bonchev–Trinajstić information content (AvgIpc) is 1.97. The summed E-state index contributed by atoms with van der Waals surface area (Å²) in [5.74, 6) is 0. The van der Waals surface area contributed by atoms with Gasteiger partial charge in [0.2, 0.25) is 0 Å². The van der Waals surface area contributed by atoms with Gasteiger partial charge in [-0.15, -0.1) is 0 Å². The van der Waals surface area contributed by atoms with E-state index in [1.807, 2.05) is 0 Å². The Balaban J connectivity index is 3.41. The second kappa shape index (κ2) is 4.83. The Morgan fingerprint density at radius 2 is 1.06 bits per heavy atom. The molecule has 0 saturated carbocycles. The van der Waals surface area contributed by atoms with E-state index >= 15 is 0 Å². The molecule has 0 heterocycles. The minimum atomic E-state index is -1.92. The molecule has 0 aliphatic carbocycles. The van der Waals surface area contributed by atoms with Gasteiger partial charge in [-0.2, -0.15) is 0 Å². The first-order chi connectivity index (χ1) is 7.03. The maximum atomic E-state index is 2.52. The van der Waals surface area contributed by atoms with E-state index in [0.717, 1.165) is 0 Å². The van der Waals surface area contributed by atoms with Crippen LogP contribution in [0, 0.1) is 13.8 Å². The Morgan fingerprint density at radius 3 is 1.31 bits per heavy atom. The van der Waals surface area contributed by atoms with Crippen LogP contribution in [0.15, 0.2) is 12.1 Å². The molecule has 90 valence electrons. The minimum absolute atomic E-state index is 1.57. The van der Waals surface area contributed by atoms with E-state index < -0.39 is 36.8 Å². The molecule has 0 nitrogen and oxygen atoms in total. The fourth-order valence-electron chi connectivity index (χ4n) is 2.58. The standard InChI is InChI=1S/C8H8.6CH3.2Sn/c1-7-4-3-5-8(2)6-7;;;;;;;;/h4-5H,1-2H3;6*1H3;;. The van der Waals surface area contributed by atoms with E-state index in [2.05, 4.69) is 55.6 Å². The van der Waals surface area contributed by atoms with Crippen LogP contribution in [0.1, 0.15) is 11.1 Å². The molecule has 1 rings (SSSR count). The molecule has 0 aliphatic heterocycles. The summed E-state index contributed by atoms with van der Waals surface area (Å²) in [5.41, 5.74) is 3.15. The Morgan fingerprint density at radius 1 is 0.688 bits per heavy atom. The Hall–Kier alpha value is 0.817. The van der Waals surface area contributed by atoms with Crippen molar-refractivity contribution in [2.45, 2.75) is 43.5 Å². The molecule has 1 aromatic carbocycles. The van der Waals surface area contributed by atoms with Gasteiger partial charge < -0.3 is 0 Å². The molecular weight excluding hydrogens is 406 g/mol. The summed E-state index contributed by atoms with van der Waals surface area (Å²) in [4.78, 5) is 15.1. The molecule has 0 unspecified atom stereocenters.